The standard InChI is InChI=1S/C12H23N3O4S/c1-19-12(16)3-2-8-20(17,18)15-9-11(10-15)14-6-4-13-5-7-14/h11,13H,2-10H2,1H3. The van der Waals surface area contributed by atoms with Crippen molar-refractivity contribution in [2.24, 2.45) is 0 Å². The Morgan fingerprint density at radius 3 is 2.55 bits per heavy atom. The minimum atomic E-state index is -3.22. The summed E-state index contributed by atoms with van der Waals surface area (Å²) in [4.78, 5) is 13.3. The van der Waals surface area contributed by atoms with E-state index in [4.69, 9.17) is 0 Å². The minimum absolute atomic E-state index is 0.0242. The predicted octanol–water partition coefficient (Wildman–Crippen LogP) is -1.14. The first-order chi connectivity index (χ1) is 9.53. The largest absolute Gasteiger partial charge is 0.469 e. The number of nitrogens with zero attached hydrogens (tertiary/aromatic N) is 2. The Labute approximate surface area is 120 Å². The van der Waals surface area contributed by atoms with E-state index in [2.05, 4.69) is 15.0 Å². The van der Waals surface area contributed by atoms with E-state index in [1.807, 2.05) is 0 Å². The third kappa shape index (κ3) is 3.91. The van der Waals surface area contributed by atoms with Crippen molar-refractivity contribution >= 4 is 16.0 Å². The lowest BCUT2D eigenvalue weighted by Gasteiger charge is -2.45. The van der Waals surface area contributed by atoms with E-state index in [0.29, 0.717) is 25.6 Å². The lowest BCUT2D eigenvalue weighted by molar-refractivity contribution is -0.140. The minimum Gasteiger partial charge on any atom is -0.469 e. The first-order valence-electron chi connectivity index (χ1n) is 7.02. The van der Waals surface area contributed by atoms with Crippen LogP contribution in [0.3, 0.4) is 0 Å². The molecule has 0 bridgehead atoms. The third-order valence-electron chi connectivity index (χ3n) is 3.90. The fourth-order valence-corrected chi connectivity index (χ4v) is 4.12. The molecule has 2 heterocycles. The fourth-order valence-electron chi connectivity index (χ4n) is 2.55. The van der Waals surface area contributed by atoms with Gasteiger partial charge >= 0.3 is 5.97 Å². The summed E-state index contributed by atoms with van der Waals surface area (Å²) in [7, 11) is -1.91. The zero-order valence-corrected chi connectivity index (χ0v) is 12.7. The van der Waals surface area contributed by atoms with Crippen molar-refractivity contribution < 1.29 is 17.9 Å². The molecule has 8 heteroatoms. The maximum Gasteiger partial charge on any atom is 0.305 e. The van der Waals surface area contributed by atoms with Crippen LogP contribution in [0.15, 0.2) is 0 Å². The molecule has 20 heavy (non-hydrogen) atoms. The second-order valence-corrected chi connectivity index (χ2v) is 7.34. The summed E-state index contributed by atoms with van der Waals surface area (Å²) in [5, 5.41) is 3.29. The smallest absolute Gasteiger partial charge is 0.305 e. The molecular formula is C12H23N3O4S. The molecule has 2 rings (SSSR count). The van der Waals surface area contributed by atoms with Gasteiger partial charge in [-0.05, 0) is 6.42 Å². The number of piperazine rings is 1. The van der Waals surface area contributed by atoms with Crippen molar-refractivity contribution in [3.05, 3.63) is 0 Å². The summed E-state index contributed by atoms with van der Waals surface area (Å²) in [5.41, 5.74) is 0. The van der Waals surface area contributed by atoms with Crippen molar-refractivity contribution in [3.8, 4) is 0 Å². The van der Waals surface area contributed by atoms with Gasteiger partial charge in [0.15, 0.2) is 0 Å². The van der Waals surface area contributed by atoms with Crippen molar-refractivity contribution in [3.63, 3.8) is 0 Å². The quantitative estimate of drug-likeness (QED) is 0.625. The lowest BCUT2D eigenvalue weighted by atomic mass is 10.1. The summed E-state index contributed by atoms with van der Waals surface area (Å²) in [6, 6.07) is 0.354. The van der Waals surface area contributed by atoms with Crippen LogP contribution in [-0.2, 0) is 19.6 Å². The highest BCUT2D eigenvalue weighted by Gasteiger charge is 2.38. The normalized spacial score (nSPS) is 22.4. The van der Waals surface area contributed by atoms with Crippen LogP contribution in [0, 0.1) is 0 Å². The Balaban J connectivity index is 1.71. The first kappa shape index (κ1) is 15.7. The van der Waals surface area contributed by atoms with Gasteiger partial charge in [-0.2, -0.15) is 4.31 Å². The van der Waals surface area contributed by atoms with Crippen LogP contribution in [0.2, 0.25) is 0 Å². The average molecular weight is 305 g/mol. The van der Waals surface area contributed by atoms with E-state index in [1.165, 1.54) is 11.4 Å². The summed E-state index contributed by atoms with van der Waals surface area (Å²) in [6.45, 7) is 5.09. The Morgan fingerprint density at radius 2 is 1.95 bits per heavy atom. The average Bonchev–Trinajstić information content (AvgIpc) is 2.37. The molecule has 2 saturated heterocycles. The Kier molecular flexibility index (Phi) is 5.36. The highest BCUT2D eigenvalue weighted by atomic mass is 32.2. The fraction of sp³-hybridized carbons (Fsp3) is 0.917. The van der Waals surface area contributed by atoms with Crippen molar-refractivity contribution in [1.82, 2.24) is 14.5 Å². The maximum absolute atomic E-state index is 12.1. The van der Waals surface area contributed by atoms with Gasteiger partial charge in [-0.25, -0.2) is 8.42 Å². The Morgan fingerprint density at radius 1 is 1.30 bits per heavy atom. The molecule has 0 aromatic heterocycles. The number of esters is 1. The molecule has 7 nitrogen and oxygen atoms in total. The molecule has 2 aliphatic heterocycles. The molecule has 0 aromatic carbocycles. The van der Waals surface area contributed by atoms with E-state index in [1.54, 1.807) is 0 Å². The summed E-state index contributed by atoms with van der Waals surface area (Å²) in [6.07, 6.45) is 0.481. The highest BCUT2D eigenvalue weighted by Crippen LogP contribution is 2.20. The van der Waals surface area contributed by atoms with Crippen LogP contribution in [0.5, 0.6) is 0 Å². The van der Waals surface area contributed by atoms with Crippen molar-refractivity contribution in [2.45, 2.75) is 18.9 Å². The SMILES string of the molecule is COC(=O)CCCS(=O)(=O)N1CC(N2CCNCC2)C1. The number of ether oxygens (including phenoxy) is 1. The number of hydrogen-bond acceptors (Lipinski definition) is 6. The van der Waals surface area contributed by atoms with Gasteiger partial charge in [-0.15, -0.1) is 0 Å². The van der Waals surface area contributed by atoms with Gasteiger partial charge in [0.1, 0.15) is 0 Å². The molecule has 0 spiro atoms. The third-order valence-corrected chi connectivity index (χ3v) is 5.79. The maximum atomic E-state index is 12.1. The van der Waals surface area contributed by atoms with Crippen LogP contribution >= 0.6 is 0 Å². The zero-order valence-electron chi connectivity index (χ0n) is 11.9. The monoisotopic (exact) mass is 305 g/mol. The van der Waals surface area contributed by atoms with Crippen LogP contribution in [0.1, 0.15) is 12.8 Å². The van der Waals surface area contributed by atoms with E-state index in [0.717, 1.165) is 26.2 Å². The second-order valence-electron chi connectivity index (χ2n) is 5.25. The number of nitrogens with one attached hydrogen (secondary N) is 1. The number of sulfonamides is 1. The molecular weight excluding hydrogens is 282 g/mol. The molecule has 0 aliphatic carbocycles. The van der Waals surface area contributed by atoms with E-state index < -0.39 is 10.0 Å². The first-order valence-corrected chi connectivity index (χ1v) is 8.63. The molecule has 2 aliphatic rings. The highest BCUT2D eigenvalue weighted by molar-refractivity contribution is 7.89. The van der Waals surface area contributed by atoms with Gasteiger partial charge in [-0.3, -0.25) is 9.69 Å². The molecule has 2 fully saturated rings. The lowest BCUT2D eigenvalue weighted by Crippen LogP contribution is -2.64. The number of rotatable bonds is 6. The Hall–Kier alpha value is -0.700. The van der Waals surface area contributed by atoms with E-state index in [9.17, 15) is 13.2 Å². The number of hydrogen-bond donors (Lipinski definition) is 1. The number of carbonyl (C=O) groups is 1. The van der Waals surface area contributed by atoms with Crippen molar-refractivity contribution in [2.75, 3.05) is 52.1 Å². The van der Waals surface area contributed by atoms with Crippen LogP contribution in [0.25, 0.3) is 0 Å². The van der Waals surface area contributed by atoms with Crippen molar-refractivity contribution in [1.29, 1.82) is 0 Å². The molecule has 0 aromatic rings. The molecule has 0 amide bonds. The van der Waals surface area contributed by atoms with E-state index >= 15 is 0 Å². The van der Waals surface area contributed by atoms with Crippen LogP contribution < -0.4 is 5.32 Å². The van der Waals surface area contributed by atoms with Gasteiger partial charge in [0.25, 0.3) is 0 Å². The molecule has 0 unspecified atom stereocenters. The molecule has 0 atom stereocenters. The summed E-state index contributed by atoms with van der Waals surface area (Å²) < 4.78 is 30.1. The van der Waals surface area contributed by atoms with Gasteiger partial charge in [0, 0.05) is 51.7 Å². The zero-order chi connectivity index (χ0) is 14.6. The summed E-state index contributed by atoms with van der Waals surface area (Å²) in [5.74, 6) is -0.335. The molecule has 0 saturated carbocycles. The molecule has 116 valence electrons. The van der Waals surface area contributed by atoms with Gasteiger partial charge in [0.2, 0.25) is 10.0 Å². The van der Waals surface area contributed by atoms with Gasteiger partial charge in [-0.1, -0.05) is 0 Å². The summed E-state index contributed by atoms with van der Waals surface area (Å²) >= 11 is 0. The Bertz CT molecular complexity index is 428. The number of carbonyl (C=O) groups excluding carboxylic acids is 1. The van der Waals surface area contributed by atoms with Gasteiger partial charge in [0.05, 0.1) is 12.9 Å². The topological polar surface area (TPSA) is 79.0 Å². The van der Waals surface area contributed by atoms with E-state index in [-0.39, 0.29) is 18.1 Å². The molecule has 0 radical (unpaired) electrons. The second kappa shape index (κ2) is 6.84. The predicted molar refractivity (Wildman–Crippen MR) is 74.8 cm³/mol. The van der Waals surface area contributed by atoms with Crippen LogP contribution in [0.4, 0.5) is 0 Å². The molecule has 1 N–H and O–H groups in total. The number of methoxy groups -OCH3 is 1. The van der Waals surface area contributed by atoms with Crippen LogP contribution in [-0.4, -0.2) is 81.8 Å². The van der Waals surface area contributed by atoms with Gasteiger partial charge < -0.3 is 10.1 Å².